The number of nitrogen functional groups attached to an aromatic ring is 1. The molecule has 2 rings (SSSR count). The lowest BCUT2D eigenvalue weighted by Crippen LogP contribution is -2.09. The molecular formula is C12H16N4OS. The highest BCUT2D eigenvalue weighted by Crippen LogP contribution is 2.27. The summed E-state index contributed by atoms with van der Waals surface area (Å²) < 4.78 is 9.68. The SMILES string of the molecule is Cc1ccc(C)c(OCc2nnsc2NN)c1C. The smallest absolute Gasteiger partial charge is 0.150 e. The Labute approximate surface area is 110 Å². The first-order valence-corrected chi connectivity index (χ1v) is 6.38. The molecule has 0 aliphatic rings. The minimum absolute atomic E-state index is 0.362. The number of ether oxygens (including phenoxy) is 1. The van der Waals surface area contributed by atoms with E-state index in [4.69, 9.17) is 10.6 Å². The second kappa shape index (κ2) is 5.32. The van der Waals surface area contributed by atoms with E-state index < -0.39 is 0 Å². The molecule has 5 nitrogen and oxygen atoms in total. The summed E-state index contributed by atoms with van der Waals surface area (Å²) in [4.78, 5) is 0. The van der Waals surface area contributed by atoms with Crippen molar-refractivity contribution in [2.45, 2.75) is 27.4 Å². The minimum atomic E-state index is 0.362. The Morgan fingerprint density at radius 3 is 2.72 bits per heavy atom. The summed E-state index contributed by atoms with van der Waals surface area (Å²) in [7, 11) is 0. The molecule has 18 heavy (non-hydrogen) atoms. The van der Waals surface area contributed by atoms with Crippen molar-refractivity contribution >= 4 is 16.5 Å². The molecule has 0 saturated carbocycles. The van der Waals surface area contributed by atoms with E-state index in [0.717, 1.165) is 27.6 Å². The monoisotopic (exact) mass is 264 g/mol. The maximum Gasteiger partial charge on any atom is 0.150 e. The van der Waals surface area contributed by atoms with Crippen LogP contribution in [0.5, 0.6) is 5.75 Å². The van der Waals surface area contributed by atoms with E-state index in [9.17, 15) is 0 Å². The zero-order chi connectivity index (χ0) is 13.1. The average molecular weight is 264 g/mol. The van der Waals surface area contributed by atoms with Crippen LogP contribution in [-0.2, 0) is 6.61 Å². The summed E-state index contributed by atoms with van der Waals surface area (Å²) in [5.74, 6) is 6.28. The van der Waals surface area contributed by atoms with Crippen LogP contribution in [0.25, 0.3) is 0 Å². The van der Waals surface area contributed by atoms with Crippen LogP contribution in [0.4, 0.5) is 5.00 Å². The Hall–Kier alpha value is -1.66. The van der Waals surface area contributed by atoms with Crippen LogP contribution in [0.2, 0.25) is 0 Å². The van der Waals surface area contributed by atoms with E-state index in [1.807, 2.05) is 6.92 Å². The fourth-order valence-corrected chi connectivity index (χ4v) is 2.18. The van der Waals surface area contributed by atoms with Gasteiger partial charge in [0.05, 0.1) is 0 Å². The number of hydrogen-bond donors (Lipinski definition) is 2. The van der Waals surface area contributed by atoms with Crippen LogP contribution in [0.15, 0.2) is 12.1 Å². The standard InChI is InChI=1S/C12H16N4OS/c1-7-4-5-8(2)11(9(7)3)17-6-10-12(14-13)18-16-15-10/h4-5,14H,6,13H2,1-3H3. The fraction of sp³-hybridized carbons (Fsp3) is 0.333. The van der Waals surface area contributed by atoms with Gasteiger partial charge in [-0.05, 0) is 37.5 Å². The first-order chi connectivity index (χ1) is 8.63. The second-order valence-corrected chi connectivity index (χ2v) is 4.89. The summed E-state index contributed by atoms with van der Waals surface area (Å²) in [6.45, 7) is 6.52. The van der Waals surface area contributed by atoms with E-state index in [2.05, 4.69) is 41.0 Å². The number of nitrogens with two attached hydrogens (primary N) is 1. The first kappa shape index (κ1) is 12.8. The van der Waals surface area contributed by atoms with Gasteiger partial charge in [0.15, 0.2) is 5.00 Å². The van der Waals surface area contributed by atoms with Gasteiger partial charge in [-0.3, -0.25) is 0 Å². The van der Waals surface area contributed by atoms with Crippen molar-refractivity contribution in [1.29, 1.82) is 0 Å². The third-order valence-corrected chi connectivity index (χ3v) is 3.61. The summed E-state index contributed by atoms with van der Waals surface area (Å²) >= 11 is 1.22. The Morgan fingerprint density at radius 2 is 2.00 bits per heavy atom. The molecule has 0 aliphatic heterocycles. The number of hydrazine groups is 1. The van der Waals surface area contributed by atoms with Gasteiger partial charge in [0.25, 0.3) is 0 Å². The summed E-state index contributed by atoms with van der Waals surface area (Å²) in [5.41, 5.74) is 6.77. The Bertz CT molecular complexity index is 553. The highest BCUT2D eigenvalue weighted by Gasteiger charge is 2.10. The van der Waals surface area contributed by atoms with E-state index >= 15 is 0 Å². The molecule has 0 atom stereocenters. The van der Waals surface area contributed by atoms with Gasteiger partial charge in [-0.25, -0.2) is 5.84 Å². The van der Waals surface area contributed by atoms with Crippen LogP contribution in [0.1, 0.15) is 22.4 Å². The Morgan fingerprint density at radius 1 is 1.28 bits per heavy atom. The summed E-state index contributed by atoms with van der Waals surface area (Å²) in [6, 6.07) is 4.15. The van der Waals surface area contributed by atoms with Gasteiger partial charge in [0, 0.05) is 11.5 Å². The lowest BCUT2D eigenvalue weighted by atomic mass is 10.1. The number of aryl methyl sites for hydroxylation is 2. The van der Waals surface area contributed by atoms with E-state index in [-0.39, 0.29) is 0 Å². The van der Waals surface area contributed by atoms with E-state index in [1.165, 1.54) is 17.1 Å². The fourth-order valence-electron chi connectivity index (χ4n) is 1.70. The molecule has 3 N–H and O–H groups in total. The van der Waals surface area contributed by atoms with Gasteiger partial charge >= 0.3 is 0 Å². The first-order valence-electron chi connectivity index (χ1n) is 5.61. The molecule has 0 spiro atoms. The summed E-state index contributed by atoms with van der Waals surface area (Å²) in [5, 5.41) is 4.72. The van der Waals surface area contributed by atoms with E-state index in [1.54, 1.807) is 0 Å². The van der Waals surface area contributed by atoms with Gasteiger partial charge in [0.2, 0.25) is 0 Å². The predicted molar refractivity (Wildman–Crippen MR) is 72.7 cm³/mol. The lowest BCUT2D eigenvalue weighted by Gasteiger charge is -2.13. The highest BCUT2D eigenvalue weighted by molar-refractivity contribution is 7.10. The van der Waals surface area contributed by atoms with Gasteiger partial charge < -0.3 is 10.2 Å². The summed E-state index contributed by atoms with van der Waals surface area (Å²) in [6.07, 6.45) is 0. The molecular weight excluding hydrogens is 248 g/mol. The normalized spacial score (nSPS) is 10.4. The van der Waals surface area contributed by atoms with Crippen LogP contribution in [0, 0.1) is 20.8 Å². The number of nitrogens with one attached hydrogen (secondary N) is 1. The van der Waals surface area contributed by atoms with Crippen LogP contribution < -0.4 is 16.0 Å². The third-order valence-electron chi connectivity index (χ3n) is 2.91. The highest BCUT2D eigenvalue weighted by atomic mass is 32.1. The molecule has 0 unspecified atom stereocenters. The second-order valence-electron chi connectivity index (χ2n) is 4.14. The molecule has 0 saturated heterocycles. The maximum atomic E-state index is 5.84. The predicted octanol–water partition coefficient (Wildman–Crippen LogP) is 2.33. The van der Waals surface area contributed by atoms with Gasteiger partial charge in [-0.1, -0.05) is 16.6 Å². The largest absolute Gasteiger partial charge is 0.487 e. The van der Waals surface area contributed by atoms with Crippen molar-refractivity contribution in [3.05, 3.63) is 34.5 Å². The number of rotatable bonds is 4. The van der Waals surface area contributed by atoms with Gasteiger partial charge in [0.1, 0.15) is 18.1 Å². The van der Waals surface area contributed by atoms with Crippen LogP contribution in [0.3, 0.4) is 0 Å². The van der Waals surface area contributed by atoms with Gasteiger partial charge in [-0.15, -0.1) is 5.10 Å². The molecule has 0 bridgehead atoms. The molecule has 0 amide bonds. The number of benzene rings is 1. The molecule has 0 aliphatic carbocycles. The molecule has 6 heteroatoms. The molecule has 1 aromatic heterocycles. The van der Waals surface area contributed by atoms with Crippen molar-refractivity contribution in [3.8, 4) is 5.75 Å². The Balaban J connectivity index is 2.18. The minimum Gasteiger partial charge on any atom is -0.487 e. The van der Waals surface area contributed by atoms with Crippen LogP contribution >= 0.6 is 11.5 Å². The quantitative estimate of drug-likeness (QED) is 0.655. The molecule has 0 radical (unpaired) electrons. The van der Waals surface area contributed by atoms with Gasteiger partial charge in [-0.2, -0.15) is 0 Å². The number of aromatic nitrogens is 2. The topological polar surface area (TPSA) is 73.1 Å². The van der Waals surface area contributed by atoms with Crippen molar-refractivity contribution in [1.82, 2.24) is 9.59 Å². The molecule has 96 valence electrons. The van der Waals surface area contributed by atoms with Crippen molar-refractivity contribution in [3.63, 3.8) is 0 Å². The lowest BCUT2D eigenvalue weighted by molar-refractivity contribution is 0.297. The zero-order valence-corrected chi connectivity index (χ0v) is 11.5. The molecule has 1 heterocycles. The van der Waals surface area contributed by atoms with Crippen LogP contribution in [-0.4, -0.2) is 9.59 Å². The maximum absolute atomic E-state index is 5.84. The number of anilines is 1. The average Bonchev–Trinajstić information content (AvgIpc) is 2.81. The van der Waals surface area contributed by atoms with Crippen molar-refractivity contribution in [2.24, 2.45) is 5.84 Å². The Kier molecular flexibility index (Phi) is 3.78. The molecule has 2 aromatic rings. The van der Waals surface area contributed by atoms with Crippen molar-refractivity contribution < 1.29 is 4.74 Å². The van der Waals surface area contributed by atoms with E-state index in [0.29, 0.717) is 6.61 Å². The number of hydrogen-bond acceptors (Lipinski definition) is 6. The third kappa shape index (κ3) is 2.44. The number of nitrogens with zero attached hydrogens (tertiary/aromatic N) is 2. The molecule has 1 aromatic carbocycles. The zero-order valence-electron chi connectivity index (χ0n) is 10.7. The van der Waals surface area contributed by atoms with Crippen molar-refractivity contribution in [2.75, 3.05) is 5.43 Å². The molecule has 0 fully saturated rings.